The van der Waals surface area contributed by atoms with Crippen LogP contribution >= 0.6 is 15.9 Å². The molecule has 1 atom stereocenters. The average Bonchev–Trinajstić information content (AvgIpc) is 3.00. The summed E-state index contributed by atoms with van der Waals surface area (Å²) in [5.41, 5.74) is 4.09. The molecule has 0 unspecified atom stereocenters. The first-order valence-electron chi connectivity index (χ1n) is 8.58. The number of likely N-dealkylation sites (tertiary alicyclic amines) is 1. The first kappa shape index (κ1) is 15.9. The molecule has 4 heteroatoms. The van der Waals surface area contributed by atoms with E-state index in [2.05, 4.69) is 39.9 Å². The van der Waals surface area contributed by atoms with Crippen molar-refractivity contribution in [1.29, 1.82) is 0 Å². The largest absolute Gasteiger partial charge is 0.436 e. The Labute approximate surface area is 150 Å². The van der Waals surface area contributed by atoms with Crippen molar-refractivity contribution < 1.29 is 4.42 Å². The molecule has 2 aromatic carbocycles. The average molecular weight is 385 g/mol. The van der Waals surface area contributed by atoms with Crippen LogP contribution in [0.3, 0.4) is 0 Å². The highest BCUT2D eigenvalue weighted by atomic mass is 79.9. The molecule has 0 amide bonds. The summed E-state index contributed by atoms with van der Waals surface area (Å²) in [6.07, 6.45) is 3.97. The minimum Gasteiger partial charge on any atom is -0.436 e. The molecular weight excluding hydrogens is 364 g/mol. The smallest absolute Gasteiger partial charge is 0.227 e. The Hall–Kier alpha value is -1.65. The SMILES string of the molecule is C[C@H]1CCCCN1Cc1ccc2oc(-c3cccc(Br)c3)nc2c1. The van der Waals surface area contributed by atoms with Crippen molar-refractivity contribution in [3.8, 4) is 11.5 Å². The van der Waals surface area contributed by atoms with E-state index < -0.39 is 0 Å². The second-order valence-corrected chi connectivity index (χ2v) is 7.56. The molecule has 24 heavy (non-hydrogen) atoms. The van der Waals surface area contributed by atoms with E-state index in [0.717, 1.165) is 27.7 Å². The Balaban J connectivity index is 1.61. The summed E-state index contributed by atoms with van der Waals surface area (Å²) in [6, 6.07) is 15.1. The molecule has 1 aliphatic heterocycles. The van der Waals surface area contributed by atoms with E-state index in [1.807, 2.05) is 30.3 Å². The van der Waals surface area contributed by atoms with Crippen LogP contribution in [0, 0.1) is 0 Å². The Morgan fingerprint density at radius 1 is 1.21 bits per heavy atom. The lowest BCUT2D eigenvalue weighted by Gasteiger charge is -2.33. The number of halogens is 1. The summed E-state index contributed by atoms with van der Waals surface area (Å²) in [5.74, 6) is 0.676. The summed E-state index contributed by atoms with van der Waals surface area (Å²) in [6.45, 7) is 4.52. The molecule has 0 radical (unpaired) electrons. The number of hydrogen-bond donors (Lipinski definition) is 0. The second kappa shape index (κ2) is 6.69. The minimum atomic E-state index is 0.670. The number of oxazole rings is 1. The number of rotatable bonds is 3. The Morgan fingerprint density at radius 3 is 2.96 bits per heavy atom. The fourth-order valence-electron chi connectivity index (χ4n) is 3.44. The molecule has 4 rings (SSSR count). The second-order valence-electron chi connectivity index (χ2n) is 6.65. The lowest BCUT2D eigenvalue weighted by molar-refractivity contribution is 0.152. The molecule has 1 aliphatic rings. The predicted molar refractivity (Wildman–Crippen MR) is 101 cm³/mol. The van der Waals surface area contributed by atoms with Crippen molar-refractivity contribution >= 4 is 27.0 Å². The third-order valence-corrected chi connectivity index (χ3v) is 5.34. The minimum absolute atomic E-state index is 0.670. The van der Waals surface area contributed by atoms with Crippen LogP contribution in [0.2, 0.25) is 0 Å². The first-order chi connectivity index (χ1) is 11.7. The molecule has 1 saturated heterocycles. The van der Waals surface area contributed by atoms with Gasteiger partial charge in [0, 0.05) is 22.6 Å². The summed E-state index contributed by atoms with van der Waals surface area (Å²) >= 11 is 3.50. The van der Waals surface area contributed by atoms with Crippen LogP contribution in [0.1, 0.15) is 31.7 Å². The van der Waals surface area contributed by atoms with E-state index >= 15 is 0 Å². The summed E-state index contributed by atoms with van der Waals surface area (Å²) in [7, 11) is 0. The van der Waals surface area contributed by atoms with Crippen molar-refractivity contribution in [3.63, 3.8) is 0 Å². The molecule has 3 aromatic rings. The van der Waals surface area contributed by atoms with Gasteiger partial charge in [0.05, 0.1) is 0 Å². The van der Waals surface area contributed by atoms with E-state index in [-0.39, 0.29) is 0 Å². The van der Waals surface area contributed by atoms with Gasteiger partial charge in [0.2, 0.25) is 5.89 Å². The molecule has 3 nitrogen and oxygen atoms in total. The van der Waals surface area contributed by atoms with Crippen molar-refractivity contribution in [3.05, 3.63) is 52.5 Å². The van der Waals surface area contributed by atoms with Gasteiger partial charge in [0.25, 0.3) is 0 Å². The molecule has 0 bridgehead atoms. The van der Waals surface area contributed by atoms with E-state index in [0.29, 0.717) is 11.9 Å². The fraction of sp³-hybridized carbons (Fsp3) is 0.350. The molecule has 2 heterocycles. The zero-order valence-electron chi connectivity index (χ0n) is 13.8. The number of piperidine rings is 1. The fourth-order valence-corrected chi connectivity index (χ4v) is 3.84. The normalized spacial score (nSPS) is 19.0. The molecule has 0 N–H and O–H groups in total. The van der Waals surface area contributed by atoms with Gasteiger partial charge in [0.1, 0.15) is 5.52 Å². The molecule has 124 valence electrons. The van der Waals surface area contributed by atoms with Crippen LogP contribution < -0.4 is 0 Å². The van der Waals surface area contributed by atoms with Crippen molar-refractivity contribution in [2.75, 3.05) is 6.54 Å². The first-order valence-corrected chi connectivity index (χ1v) is 9.38. The Kier molecular flexibility index (Phi) is 4.42. The van der Waals surface area contributed by atoms with Crippen molar-refractivity contribution in [1.82, 2.24) is 9.88 Å². The number of hydrogen-bond acceptors (Lipinski definition) is 3. The number of nitrogens with zero attached hydrogens (tertiary/aromatic N) is 2. The van der Waals surface area contributed by atoms with Crippen LogP contribution in [0.4, 0.5) is 0 Å². The van der Waals surface area contributed by atoms with E-state index in [1.54, 1.807) is 0 Å². The van der Waals surface area contributed by atoms with Gasteiger partial charge in [-0.3, -0.25) is 4.90 Å². The standard InChI is InChI=1S/C20H21BrN2O/c1-14-5-2-3-10-23(14)13-15-8-9-19-18(11-15)22-20(24-19)16-6-4-7-17(21)12-16/h4,6-9,11-12,14H,2-3,5,10,13H2,1H3/t14-/m0/s1. The number of benzene rings is 2. The molecule has 1 fully saturated rings. The van der Waals surface area contributed by atoms with Crippen LogP contribution in [-0.4, -0.2) is 22.5 Å². The van der Waals surface area contributed by atoms with Gasteiger partial charge in [-0.15, -0.1) is 0 Å². The molecule has 0 saturated carbocycles. The highest BCUT2D eigenvalue weighted by Crippen LogP contribution is 2.27. The maximum Gasteiger partial charge on any atom is 0.227 e. The van der Waals surface area contributed by atoms with Crippen LogP contribution in [0.25, 0.3) is 22.6 Å². The van der Waals surface area contributed by atoms with Crippen LogP contribution in [-0.2, 0) is 6.54 Å². The third kappa shape index (κ3) is 3.26. The van der Waals surface area contributed by atoms with Gasteiger partial charge < -0.3 is 4.42 Å². The van der Waals surface area contributed by atoms with Gasteiger partial charge >= 0.3 is 0 Å². The Bertz CT molecular complexity index is 858. The summed E-state index contributed by atoms with van der Waals surface area (Å²) < 4.78 is 6.96. The van der Waals surface area contributed by atoms with Gasteiger partial charge in [-0.25, -0.2) is 4.98 Å². The van der Waals surface area contributed by atoms with Gasteiger partial charge in [0.15, 0.2) is 5.58 Å². The van der Waals surface area contributed by atoms with Gasteiger partial charge in [-0.1, -0.05) is 34.5 Å². The van der Waals surface area contributed by atoms with Crippen molar-refractivity contribution in [2.24, 2.45) is 0 Å². The number of aromatic nitrogens is 1. The van der Waals surface area contributed by atoms with E-state index in [4.69, 9.17) is 9.40 Å². The Morgan fingerprint density at radius 2 is 2.12 bits per heavy atom. The molecule has 1 aromatic heterocycles. The van der Waals surface area contributed by atoms with Gasteiger partial charge in [-0.05, 0) is 62.2 Å². The molecule has 0 aliphatic carbocycles. The van der Waals surface area contributed by atoms with E-state index in [9.17, 15) is 0 Å². The maximum absolute atomic E-state index is 5.93. The zero-order chi connectivity index (χ0) is 16.5. The van der Waals surface area contributed by atoms with Crippen LogP contribution in [0.15, 0.2) is 51.4 Å². The molecule has 0 spiro atoms. The summed E-state index contributed by atoms with van der Waals surface area (Å²) in [5, 5.41) is 0. The van der Waals surface area contributed by atoms with Crippen molar-refractivity contribution in [2.45, 2.75) is 38.8 Å². The van der Waals surface area contributed by atoms with Gasteiger partial charge in [-0.2, -0.15) is 0 Å². The highest BCUT2D eigenvalue weighted by molar-refractivity contribution is 9.10. The summed E-state index contributed by atoms with van der Waals surface area (Å²) in [4.78, 5) is 7.26. The monoisotopic (exact) mass is 384 g/mol. The zero-order valence-corrected chi connectivity index (χ0v) is 15.4. The van der Waals surface area contributed by atoms with Crippen LogP contribution in [0.5, 0.6) is 0 Å². The van der Waals surface area contributed by atoms with E-state index in [1.165, 1.54) is 31.4 Å². The highest BCUT2D eigenvalue weighted by Gasteiger charge is 2.18. The lowest BCUT2D eigenvalue weighted by atomic mass is 10.0. The molecular formula is C20H21BrN2O. The predicted octanol–water partition coefficient (Wildman–Crippen LogP) is 5.63. The maximum atomic E-state index is 5.93. The number of fused-ring (bicyclic) bond motifs is 1. The topological polar surface area (TPSA) is 29.3 Å². The third-order valence-electron chi connectivity index (χ3n) is 4.85. The quantitative estimate of drug-likeness (QED) is 0.585. The lowest BCUT2D eigenvalue weighted by Crippen LogP contribution is -2.36.